The van der Waals surface area contributed by atoms with Crippen molar-refractivity contribution in [3.05, 3.63) is 77.0 Å². The fourth-order valence-corrected chi connectivity index (χ4v) is 6.20. The van der Waals surface area contributed by atoms with E-state index in [1.165, 1.54) is 12.1 Å². The van der Waals surface area contributed by atoms with E-state index >= 15 is 4.39 Å². The molecule has 2 aromatic carbocycles. The van der Waals surface area contributed by atoms with Crippen LogP contribution in [0, 0.1) is 5.82 Å². The molecule has 0 amide bonds. The van der Waals surface area contributed by atoms with Crippen molar-refractivity contribution in [2.75, 3.05) is 23.7 Å². The molecule has 1 fully saturated rings. The lowest BCUT2D eigenvalue weighted by molar-refractivity contribution is -0.137. The summed E-state index contributed by atoms with van der Waals surface area (Å²) in [5.41, 5.74) is -0.940. The van der Waals surface area contributed by atoms with Gasteiger partial charge in [0.15, 0.2) is 5.82 Å². The second kappa shape index (κ2) is 12.2. The van der Waals surface area contributed by atoms with Crippen LogP contribution in [-0.4, -0.2) is 55.8 Å². The maximum atomic E-state index is 15.5. The second-order valence-electron chi connectivity index (χ2n) is 9.09. The zero-order chi connectivity index (χ0) is 34.9. The van der Waals surface area contributed by atoms with Crippen molar-refractivity contribution < 1.29 is 43.8 Å². The summed E-state index contributed by atoms with van der Waals surface area (Å²) in [6.07, 6.45) is -2.62. The van der Waals surface area contributed by atoms with E-state index < -0.39 is 75.3 Å². The van der Waals surface area contributed by atoms with Gasteiger partial charge in [0, 0.05) is 32.6 Å². The molecule has 0 aliphatic heterocycles. The van der Waals surface area contributed by atoms with Crippen molar-refractivity contribution in [3.63, 3.8) is 0 Å². The first-order chi connectivity index (χ1) is 21.7. The number of likely N-dealkylation sites (N-methyl/N-ethyl adjacent to an activating group) is 1. The number of hydrogen-bond donors (Lipinski definition) is 1. The molecule has 1 heterocycles. The zero-order valence-electron chi connectivity index (χ0n) is 26.8. The molecule has 9 nitrogen and oxygen atoms in total. The van der Waals surface area contributed by atoms with E-state index in [1.54, 1.807) is 0 Å². The Labute approximate surface area is 247 Å². The van der Waals surface area contributed by atoms with Crippen molar-refractivity contribution in [2.45, 2.75) is 48.3 Å². The number of benzene rings is 2. The van der Waals surface area contributed by atoms with Crippen LogP contribution in [0.15, 0.2) is 59.9 Å². The Balaban J connectivity index is 1.71. The van der Waals surface area contributed by atoms with Crippen LogP contribution in [0.3, 0.4) is 0 Å². The third kappa shape index (κ3) is 6.71. The number of hydrogen-bond acceptors (Lipinski definition) is 8. The standard InChI is InChI=1S/C26H26ClF4N5O4S/c1-35(2)23-11-17(16-4-3-5-18(10-16)26(29,30)31)6-7-21(23)34-22-13-20(28)24(12-19(22)27)41(38,39)36(40-15-37)25-8-9-32-14-33-25/h3-5,8-10,12-15,17,21,23,34H,6-7,11H2,1-2H3/t17-,21-,23-/m0/s1/i1D3,2D3. The Bertz CT molecular complexity index is 1690. The number of alkyl halides is 3. The summed E-state index contributed by atoms with van der Waals surface area (Å²) in [7, 11) is -4.97. The number of nitrogens with one attached hydrogen (secondary N) is 1. The van der Waals surface area contributed by atoms with Crippen molar-refractivity contribution in [1.82, 2.24) is 14.9 Å². The predicted molar refractivity (Wildman–Crippen MR) is 143 cm³/mol. The fourth-order valence-electron chi connectivity index (χ4n) is 4.66. The van der Waals surface area contributed by atoms with Crippen LogP contribution in [0.2, 0.25) is 5.02 Å². The van der Waals surface area contributed by atoms with Crippen LogP contribution >= 0.6 is 11.6 Å². The van der Waals surface area contributed by atoms with E-state index in [1.807, 2.05) is 0 Å². The van der Waals surface area contributed by atoms with E-state index in [4.69, 9.17) is 19.8 Å². The smallest absolute Gasteiger partial charge is 0.379 e. The number of rotatable bonds is 9. The summed E-state index contributed by atoms with van der Waals surface area (Å²) >= 11 is 6.36. The molecule has 1 aliphatic rings. The van der Waals surface area contributed by atoms with Gasteiger partial charge in [0.1, 0.15) is 17.0 Å². The number of halogens is 5. The molecule has 1 aromatic heterocycles. The topological polar surface area (TPSA) is 105 Å². The van der Waals surface area contributed by atoms with Crippen molar-refractivity contribution >= 4 is 39.6 Å². The van der Waals surface area contributed by atoms with Crippen LogP contribution in [0.25, 0.3) is 0 Å². The van der Waals surface area contributed by atoms with E-state index in [9.17, 15) is 26.4 Å². The molecule has 0 spiro atoms. The van der Waals surface area contributed by atoms with Gasteiger partial charge in [-0.1, -0.05) is 34.3 Å². The van der Waals surface area contributed by atoms with E-state index in [0.29, 0.717) is 17.0 Å². The van der Waals surface area contributed by atoms with Crippen LogP contribution in [0.1, 0.15) is 44.5 Å². The van der Waals surface area contributed by atoms with Gasteiger partial charge in [-0.15, -0.1) is 0 Å². The normalized spacial score (nSPS) is 22.3. The van der Waals surface area contributed by atoms with Crippen LogP contribution in [0.5, 0.6) is 0 Å². The van der Waals surface area contributed by atoms with Gasteiger partial charge >= 0.3 is 12.6 Å². The highest BCUT2D eigenvalue weighted by atomic mass is 35.5. The van der Waals surface area contributed by atoms with Crippen molar-refractivity contribution in [3.8, 4) is 0 Å². The van der Waals surface area contributed by atoms with Gasteiger partial charge in [-0.3, -0.25) is 4.79 Å². The molecule has 220 valence electrons. The first-order valence-corrected chi connectivity index (χ1v) is 13.7. The summed E-state index contributed by atoms with van der Waals surface area (Å²) in [5, 5.41) is 2.43. The highest BCUT2D eigenvalue weighted by Gasteiger charge is 2.36. The van der Waals surface area contributed by atoms with Crippen LogP contribution in [0.4, 0.5) is 29.1 Å². The number of sulfonamides is 1. The molecule has 4 rings (SSSR count). The third-order valence-corrected chi connectivity index (χ3v) is 8.48. The minimum absolute atomic E-state index is 0.000894. The van der Waals surface area contributed by atoms with Crippen molar-refractivity contribution in [1.29, 1.82) is 0 Å². The van der Waals surface area contributed by atoms with Gasteiger partial charge in [-0.25, -0.2) is 14.4 Å². The molecule has 3 atom stereocenters. The van der Waals surface area contributed by atoms with E-state index in [2.05, 4.69) is 20.1 Å². The van der Waals surface area contributed by atoms with Gasteiger partial charge in [-0.2, -0.15) is 21.6 Å². The first kappa shape index (κ1) is 23.1. The monoisotopic (exact) mass is 621 g/mol. The minimum Gasteiger partial charge on any atom is -0.379 e. The maximum Gasteiger partial charge on any atom is 0.416 e. The number of carbonyl (C=O) groups is 1. The van der Waals surface area contributed by atoms with E-state index in [-0.39, 0.29) is 41.5 Å². The maximum absolute atomic E-state index is 15.5. The summed E-state index contributed by atoms with van der Waals surface area (Å²) in [6.45, 7) is -6.62. The van der Waals surface area contributed by atoms with Gasteiger partial charge < -0.3 is 15.1 Å². The largest absolute Gasteiger partial charge is 0.416 e. The molecular formula is C26H26ClF4N5O4S. The summed E-state index contributed by atoms with van der Waals surface area (Å²) < 4.78 is 130. The quantitative estimate of drug-likeness (QED) is 0.196. The summed E-state index contributed by atoms with van der Waals surface area (Å²) in [6, 6.07) is 4.45. The number of aromatic nitrogens is 2. The minimum atomic E-state index is -4.97. The number of anilines is 2. The molecule has 3 aromatic rings. The van der Waals surface area contributed by atoms with Crippen LogP contribution in [-0.2, 0) is 25.8 Å². The first-order valence-electron chi connectivity index (χ1n) is 14.9. The average molecular weight is 622 g/mol. The summed E-state index contributed by atoms with van der Waals surface area (Å²) in [5.74, 6) is -2.51. The molecule has 0 bridgehead atoms. The highest BCUT2D eigenvalue weighted by molar-refractivity contribution is 7.92. The molecule has 1 aliphatic carbocycles. The predicted octanol–water partition coefficient (Wildman–Crippen LogP) is 5.25. The van der Waals surface area contributed by atoms with E-state index in [0.717, 1.165) is 30.7 Å². The lowest BCUT2D eigenvalue weighted by Gasteiger charge is -2.41. The van der Waals surface area contributed by atoms with Crippen molar-refractivity contribution in [2.24, 2.45) is 0 Å². The van der Waals surface area contributed by atoms with Crippen LogP contribution < -0.4 is 9.79 Å². The fraction of sp³-hybridized carbons (Fsp3) is 0.346. The Morgan fingerprint density at radius 3 is 2.63 bits per heavy atom. The molecule has 0 radical (unpaired) electrons. The molecule has 41 heavy (non-hydrogen) atoms. The lowest BCUT2D eigenvalue weighted by Crippen LogP contribution is -2.47. The van der Waals surface area contributed by atoms with Gasteiger partial charge in [0.25, 0.3) is 10.0 Å². The third-order valence-electron chi connectivity index (χ3n) is 6.58. The highest BCUT2D eigenvalue weighted by Crippen LogP contribution is 2.39. The number of carbonyl (C=O) groups excluding carboxylic acids is 1. The lowest BCUT2D eigenvalue weighted by atomic mass is 9.78. The Morgan fingerprint density at radius 2 is 1.98 bits per heavy atom. The Hall–Kier alpha value is -3.49. The summed E-state index contributed by atoms with van der Waals surface area (Å²) in [4.78, 5) is 22.2. The van der Waals surface area contributed by atoms with Gasteiger partial charge in [-0.05, 0) is 62.9 Å². The Morgan fingerprint density at radius 1 is 1.20 bits per heavy atom. The SMILES string of the molecule is [2H]C([2H])([2H])N([C@H]1C[C@@H](c2cccc(C(F)(F)F)c2)CC[C@@H]1Nc1cc(F)c(S(=O)(=O)N(OC=O)c2ccncn2)cc1Cl)C([2H])([2H])[2H]. The Kier molecular flexibility index (Phi) is 6.86. The molecule has 1 saturated carbocycles. The average Bonchev–Trinajstić information content (AvgIpc) is 2.97. The zero-order valence-corrected chi connectivity index (χ0v) is 22.4. The van der Waals surface area contributed by atoms with Gasteiger partial charge in [0.2, 0.25) is 0 Å². The molecular weight excluding hydrogens is 590 g/mol. The molecule has 1 N–H and O–H groups in total. The molecule has 0 unspecified atom stereocenters. The second-order valence-corrected chi connectivity index (χ2v) is 11.2. The molecule has 15 heteroatoms. The molecule has 0 saturated heterocycles. The van der Waals surface area contributed by atoms with Gasteiger partial charge in [0.05, 0.1) is 16.3 Å². The number of nitrogens with zero attached hydrogens (tertiary/aromatic N) is 4.